The van der Waals surface area contributed by atoms with E-state index in [-0.39, 0.29) is 5.78 Å². The van der Waals surface area contributed by atoms with Gasteiger partial charge in [-0.3, -0.25) is 4.79 Å². The summed E-state index contributed by atoms with van der Waals surface area (Å²) in [5.74, 6) is 0.142. The topological polar surface area (TPSA) is 38.3 Å². The van der Waals surface area contributed by atoms with Crippen LogP contribution in [0, 0.1) is 0 Å². The van der Waals surface area contributed by atoms with Gasteiger partial charge in [-0.1, -0.05) is 0 Å². The molecular formula is C4H9NO2S. The fourth-order valence-corrected chi connectivity index (χ4v) is 0.364. The van der Waals surface area contributed by atoms with Crippen LogP contribution in [0.1, 0.15) is 13.3 Å². The highest BCUT2D eigenvalue weighted by Gasteiger charge is 1.89. The maximum absolute atomic E-state index is 10.2. The van der Waals surface area contributed by atoms with Crippen molar-refractivity contribution in [3.05, 3.63) is 0 Å². The number of hydrogen-bond donors (Lipinski definition) is 2. The average molecular weight is 135 g/mol. The number of carbonyl (C=O) groups is 1. The molecule has 4 heteroatoms. The smallest absolute Gasteiger partial charge is 0.131 e. The van der Waals surface area contributed by atoms with E-state index in [1.165, 1.54) is 6.92 Å². The minimum atomic E-state index is 0.142. The summed E-state index contributed by atoms with van der Waals surface area (Å²) in [5, 5.41) is 0. The van der Waals surface area contributed by atoms with E-state index < -0.39 is 0 Å². The molecule has 0 saturated carbocycles. The summed E-state index contributed by atoms with van der Waals surface area (Å²) < 4.78 is 4.18. The van der Waals surface area contributed by atoms with E-state index in [0.29, 0.717) is 13.0 Å². The molecule has 0 aliphatic carbocycles. The highest BCUT2D eigenvalue weighted by molar-refractivity contribution is 7.75. The molecule has 0 radical (unpaired) electrons. The van der Waals surface area contributed by atoms with Crippen LogP contribution in [-0.4, -0.2) is 12.3 Å². The second-order valence-electron chi connectivity index (χ2n) is 1.44. The Morgan fingerprint density at radius 2 is 2.50 bits per heavy atom. The van der Waals surface area contributed by atoms with Gasteiger partial charge in [0, 0.05) is 13.0 Å². The standard InChI is InChI=1S/C4H9NO2S/c1-4(6)2-3-5-7-8/h5,8H,2-3H2,1H3. The molecule has 0 amide bonds. The van der Waals surface area contributed by atoms with Crippen molar-refractivity contribution in [2.75, 3.05) is 6.54 Å². The molecule has 0 aliphatic rings. The van der Waals surface area contributed by atoms with Gasteiger partial charge in [-0.15, -0.1) is 0 Å². The van der Waals surface area contributed by atoms with Gasteiger partial charge in [0.05, 0.1) is 0 Å². The fraction of sp³-hybridized carbons (Fsp3) is 0.750. The lowest BCUT2D eigenvalue weighted by Gasteiger charge is -1.94. The highest BCUT2D eigenvalue weighted by Crippen LogP contribution is 1.78. The lowest BCUT2D eigenvalue weighted by Crippen LogP contribution is -2.12. The SMILES string of the molecule is CC(=O)CCNOS. The molecule has 0 saturated heterocycles. The first-order chi connectivity index (χ1) is 3.77. The second-order valence-corrected chi connectivity index (χ2v) is 1.62. The van der Waals surface area contributed by atoms with E-state index in [1.807, 2.05) is 0 Å². The average Bonchev–Trinajstić information content (AvgIpc) is 1.66. The quantitative estimate of drug-likeness (QED) is 0.252. The molecule has 0 spiro atoms. The second kappa shape index (κ2) is 5.08. The highest BCUT2D eigenvalue weighted by atomic mass is 32.1. The van der Waals surface area contributed by atoms with Crippen molar-refractivity contribution < 1.29 is 9.08 Å². The maximum atomic E-state index is 10.2. The van der Waals surface area contributed by atoms with Crippen LogP contribution in [0.4, 0.5) is 0 Å². The Morgan fingerprint density at radius 1 is 1.88 bits per heavy atom. The monoisotopic (exact) mass is 135 g/mol. The Morgan fingerprint density at radius 3 is 2.88 bits per heavy atom. The first kappa shape index (κ1) is 7.94. The predicted molar refractivity (Wildman–Crippen MR) is 33.4 cm³/mol. The van der Waals surface area contributed by atoms with Gasteiger partial charge >= 0.3 is 0 Å². The van der Waals surface area contributed by atoms with Crippen LogP contribution in [0.5, 0.6) is 0 Å². The minimum absolute atomic E-state index is 0.142. The predicted octanol–water partition coefficient (Wildman–Crippen LogP) is 0.331. The van der Waals surface area contributed by atoms with Gasteiger partial charge in [0.1, 0.15) is 5.78 Å². The lowest BCUT2D eigenvalue weighted by atomic mass is 10.3. The fourth-order valence-electron chi connectivity index (χ4n) is 0.273. The van der Waals surface area contributed by atoms with Crippen molar-refractivity contribution in [1.29, 1.82) is 0 Å². The van der Waals surface area contributed by atoms with Crippen LogP contribution >= 0.6 is 12.9 Å². The van der Waals surface area contributed by atoms with Gasteiger partial charge in [-0.2, -0.15) is 5.48 Å². The van der Waals surface area contributed by atoms with Crippen molar-refractivity contribution in [3.63, 3.8) is 0 Å². The molecular weight excluding hydrogens is 126 g/mol. The summed E-state index contributed by atoms with van der Waals surface area (Å²) in [5.41, 5.74) is 2.42. The molecule has 0 fully saturated rings. The number of rotatable bonds is 4. The Balaban J connectivity index is 2.82. The van der Waals surface area contributed by atoms with Gasteiger partial charge in [-0.05, 0) is 19.8 Å². The molecule has 0 heterocycles. The summed E-state index contributed by atoms with van der Waals surface area (Å²) in [6, 6.07) is 0. The molecule has 8 heavy (non-hydrogen) atoms. The number of thiol groups is 1. The third kappa shape index (κ3) is 5.94. The molecule has 1 N–H and O–H groups in total. The summed E-state index contributed by atoms with van der Waals surface area (Å²) in [6.45, 7) is 2.05. The maximum Gasteiger partial charge on any atom is 0.131 e. The molecule has 0 rings (SSSR count). The molecule has 3 nitrogen and oxygen atoms in total. The van der Waals surface area contributed by atoms with Gasteiger partial charge < -0.3 is 0 Å². The van der Waals surface area contributed by atoms with Crippen molar-refractivity contribution >= 4 is 18.7 Å². The molecule has 0 aromatic rings. The van der Waals surface area contributed by atoms with Gasteiger partial charge in [-0.25, -0.2) is 4.28 Å². The first-order valence-electron chi connectivity index (χ1n) is 2.30. The van der Waals surface area contributed by atoms with Crippen LogP contribution in [0.25, 0.3) is 0 Å². The molecule has 0 bridgehead atoms. The largest absolute Gasteiger partial charge is 0.300 e. The van der Waals surface area contributed by atoms with Crippen LogP contribution in [0.15, 0.2) is 0 Å². The van der Waals surface area contributed by atoms with Gasteiger partial charge in [0.25, 0.3) is 0 Å². The summed E-state index contributed by atoms with van der Waals surface area (Å²) in [6.07, 6.45) is 0.487. The van der Waals surface area contributed by atoms with E-state index in [9.17, 15) is 4.79 Å². The molecule has 0 aromatic carbocycles. The zero-order valence-electron chi connectivity index (χ0n) is 4.68. The van der Waals surface area contributed by atoms with Crippen LogP contribution in [-0.2, 0) is 9.08 Å². The Kier molecular flexibility index (Phi) is 5.05. The van der Waals surface area contributed by atoms with E-state index in [2.05, 4.69) is 22.7 Å². The molecule has 48 valence electrons. The summed E-state index contributed by atoms with van der Waals surface area (Å²) in [4.78, 5) is 10.2. The molecule has 0 aromatic heterocycles. The number of hydrogen-bond acceptors (Lipinski definition) is 4. The van der Waals surface area contributed by atoms with Crippen molar-refractivity contribution in [2.45, 2.75) is 13.3 Å². The number of Topliss-reactive ketones (excluding diaryl/α,β-unsaturated/α-hetero) is 1. The van der Waals surface area contributed by atoms with Crippen molar-refractivity contribution in [2.24, 2.45) is 0 Å². The summed E-state index contributed by atoms with van der Waals surface area (Å²) in [7, 11) is 0. The van der Waals surface area contributed by atoms with Crippen LogP contribution in [0.2, 0.25) is 0 Å². The van der Waals surface area contributed by atoms with E-state index >= 15 is 0 Å². The Hall–Kier alpha value is -0.0600. The Labute approximate surface area is 54.0 Å². The number of carbonyl (C=O) groups excluding carboxylic acids is 1. The molecule has 0 unspecified atom stereocenters. The number of nitrogens with one attached hydrogen (secondary N) is 1. The van der Waals surface area contributed by atoms with Crippen LogP contribution in [0.3, 0.4) is 0 Å². The first-order valence-corrected chi connectivity index (χ1v) is 2.66. The number of ketones is 1. The number of hydroxylamine groups is 1. The Bertz CT molecular complexity index is 76.4. The van der Waals surface area contributed by atoms with Gasteiger partial charge in [0.15, 0.2) is 0 Å². The van der Waals surface area contributed by atoms with Gasteiger partial charge in [0.2, 0.25) is 0 Å². The minimum Gasteiger partial charge on any atom is -0.300 e. The third-order valence-corrected chi connectivity index (χ3v) is 0.773. The molecule has 0 atom stereocenters. The van der Waals surface area contributed by atoms with E-state index in [1.54, 1.807) is 0 Å². The zero-order chi connectivity index (χ0) is 6.41. The normalized spacial score (nSPS) is 9.25. The summed E-state index contributed by atoms with van der Waals surface area (Å²) >= 11 is 3.40. The lowest BCUT2D eigenvalue weighted by molar-refractivity contribution is -0.117. The van der Waals surface area contributed by atoms with Crippen molar-refractivity contribution in [3.8, 4) is 0 Å². The third-order valence-electron chi connectivity index (χ3n) is 0.644. The molecule has 0 aliphatic heterocycles. The van der Waals surface area contributed by atoms with E-state index in [0.717, 1.165) is 0 Å². The van der Waals surface area contributed by atoms with Crippen LogP contribution < -0.4 is 5.48 Å². The van der Waals surface area contributed by atoms with Crippen molar-refractivity contribution in [1.82, 2.24) is 5.48 Å². The van der Waals surface area contributed by atoms with E-state index in [4.69, 9.17) is 0 Å². The zero-order valence-corrected chi connectivity index (χ0v) is 5.57.